The summed E-state index contributed by atoms with van der Waals surface area (Å²) in [4.78, 5) is 26.3. The summed E-state index contributed by atoms with van der Waals surface area (Å²) in [5.41, 5.74) is 0.518. The molecule has 1 aromatic rings. The SMILES string of the molecule is COCCOCOc1ccc(C#N)cc1CN1CC[C@H](NC(=O)OC(C)(C)C)C1=O. The Bertz CT molecular complexity index is 784. The van der Waals surface area contributed by atoms with E-state index in [9.17, 15) is 14.9 Å². The van der Waals surface area contributed by atoms with Crippen molar-refractivity contribution in [2.75, 3.05) is 33.7 Å². The molecule has 0 saturated carbocycles. The van der Waals surface area contributed by atoms with Crippen LogP contribution in [0.3, 0.4) is 0 Å². The highest BCUT2D eigenvalue weighted by Gasteiger charge is 2.34. The normalized spacial score (nSPS) is 16.3. The highest BCUT2D eigenvalue weighted by Crippen LogP contribution is 2.24. The van der Waals surface area contributed by atoms with E-state index in [2.05, 4.69) is 11.4 Å². The van der Waals surface area contributed by atoms with E-state index in [0.29, 0.717) is 43.1 Å². The number of hydrogen-bond donors (Lipinski definition) is 1. The lowest BCUT2D eigenvalue weighted by molar-refractivity contribution is -0.130. The average molecular weight is 419 g/mol. The minimum Gasteiger partial charge on any atom is -0.467 e. The smallest absolute Gasteiger partial charge is 0.408 e. The van der Waals surface area contributed by atoms with Gasteiger partial charge >= 0.3 is 6.09 Å². The molecule has 0 unspecified atom stereocenters. The van der Waals surface area contributed by atoms with Gasteiger partial charge in [-0.15, -0.1) is 0 Å². The zero-order valence-corrected chi connectivity index (χ0v) is 17.9. The summed E-state index contributed by atoms with van der Waals surface area (Å²) in [6.45, 7) is 6.89. The third-order valence-electron chi connectivity index (χ3n) is 4.27. The van der Waals surface area contributed by atoms with Crippen molar-refractivity contribution >= 4 is 12.0 Å². The van der Waals surface area contributed by atoms with Crippen LogP contribution in [0.25, 0.3) is 0 Å². The number of nitriles is 1. The molecular formula is C21H29N3O6. The molecule has 0 spiro atoms. The topological polar surface area (TPSA) is 110 Å². The van der Waals surface area contributed by atoms with Gasteiger partial charge in [-0.25, -0.2) is 4.79 Å². The lowest BCUT2D eigenvalue weighted by Gasteiger charge is -2.22. The molecule has 9 heteroatoms. The molecule has 1 aliphatic rings. The first kappa shape index (κ1) is 23.4. The predicted octanol–water partition coefficient (Wildman–Crippen LogP) is 2.18. The van der Waals surface area contributed by atoms with Crippen molar-refractivity contribution in [2.24, 2.45) is 0 Å². The van der Waals surface area contributed by atoms with Crippen molar-refractivity contribution in [3.63, 3.8) is 0 Å². The van der Waals surface area contributed by atoms with Crippen molar-refractivity contribution in [2.45, 2.75) is 45.4 Å². The minimum atomic E-state index is -0.638. The number of rotatable bonds is 9. The van der Waals surface area contributed by atoms with Gasteiger partial charge < -0.3 is 29.2 Å². The van der Waals surface area contributed by atoms with Crippen LogP contribution < -0.4 is 10.1 Å². The van der Waals surface area contributed by atoms with Gasteiger partial charge in [-0.05, 0) is 45.4 Å². The van der Waals surface area contributed by atoms with E-state index in [-0.39, 0.29) is 19.2 Å². The fourth-order valence-corrected chi connectivity index (χ4v) is 2.91. The third-order valence-corrected chi connectivity index (χ3v) is 4.27. The van der Waals surface area contributed by atoms with Crippen LogP contribution in [0.1, 0.15) is 38.3 Å². The molecule has 2 rings (SSSR count). The zero-order chi connectivity index (χ0) is 22.1. The predicted molar refractivity (Wildman–Crippen MR) is 108 cm³/mol. The van der Waals surface area contributed by atoms with Crippen LogP contribution in [0, 0.1) is 11.3 Å². The number of alkyl carbamates (subject to hydrolysis) is 1. The summed E-state index contributed by atoms with van der Waals surface area (Å²) in [6, 6.07) is 6.47. The van der Waals surface area contributed by atoms with Crippen LogP contribution in [-0.4, -0.2) is 62.2 Å². The molecule has 1 aromatic carbocycles. The van der Waals surface area contributed by atoms with Crippen LogP contribution in [-0.2, 0) is 25.5 Å². The molecule has 9 nitrogen and oxygen atoms in total. The maximum Gasteiger partial charge on any atom is 0.408 e. The molecule has 1 N–H and O–H groups in total. The molecule has 0 bridgehead atoms. The van der Waals surface area contributed by atoms with E-state index in [1.165, 1.54) is 0 Å². The molecule has 0 radical (unpaired) electrons. The zero-order valence-electron chi connectivity index (χ0n) is 17.9. The average Bonchev–Trinajstić information content (AvgIpc) is 3.00. The highest BCUT2D eigenvalue weighted by molar-refractivity contribution is 5.87. The summed E-state index contributed by atoms with van der Waals surface area (Å²) in [6.07, 6.45) is -0.141. The van der Waals surface area contributed by atoms with Crippen LogP contribution >= 0.6 is 0 Å². The number of amides is 2. The monoisotopic (exact) mass is 419 g/mol. The van der Waals surface area contributed by atoms with Gasteiger partial charge in [-0.2, -0.15) is 5.26 Å². The van der Waals surface area contributed by atoms with Gasteiger partial charge in [0.25, 0.3) is 0 Å². The molecule has 1 atom stereocenters. The lowest BCUT2D eigenvalue weighted by atomic mass is 10.1. The molecule has 164 valence electrons. The quantitative estimate of drug-likeness (QED) is 0.482. The Balaban J connectivity index is 2.00. The number of carbonyl (C=O) groups is 2. The van der Waals surface area contributed by atoms with Gasteiger partial charge in [0, 0.05) is 25.8 Å². The number of nitrogens with zero attached hydrogens (tertiary/aromatic N) is 2. The Morgan fingerprint density at radius 3 is 2.77 bits per heavy atom. The molecule has 1 saturated heterocycles. The van der Waals surface area contributed by atoms with Gasteiger partial charge in [-0.1, -0.05) is 0 Å². The number of nitrogens with one attached hydrogen (secondary N) is 1. The largest absolute Gasteiger partial charge is 0.467 e. The first-order valence-electron chi connectivity index (χ1n) is 9.74. The Labute approximate surface area is 176 Å². The first-order chi connectivity index (χ1) is 14.2. The summed E-state index contributed by atoms with van der Waals surface area (Å²) in [5.74, 6) is 0.327. The van der Waals surface area contributed by atoms with Crippen molar-refractivity contribution in [1.29, 1.82) is 5.26 Å². The number of benzene rings is 1. The maximum atomic E-state index is 12.7. The molecule has 30 heavy (non-hydrogen) atoms. The van der Waals surface area contributed by atoms with Crippen molar-refractivity contribution in [3.05, 3.63) is 29.3 Å². The molecule has 2 amide bonds. The molecule has 1 fully saturated rings. The van der Waals surface area contributed by atoms with Gasteiger partial charge in [0.15, 0.2) is 6.79 Å². The fourth-order valence-electron chi connectivity index (χ4n) is 2.91. The van der Waals surface area contributed by atoms with Gasteiger partial charge in [0.05, 0.1) is 24.8 Å². The number of ether oxygens (including phenoxy) is 4. The van der Waals surface area contributed by atoms with Crippen molar-refractivity contribution < 1.29 is 28.5 Å². The van der Waals surface area contributed by atoms with Gasteiger partial charge in [-0.3, -0.25) is 4.79 Å². The highest BCUT2D eigenvalue weighted by atomic mass is 16.7. The summed E-state index contributed by atoms with van der Waals surface area (Å²) in [5, 5.41) is 11.8. The number of hydrogen-bond acceptors (Lipinski definition) is 7. The standard InChI is InChI=1S/C21H29N3O6/c1-21(2,3)30-20(26)23-17-7-8-24(19(17)25)13-16-11-15(12-22)5-6-18(16)29-14-28-10-9-27-4/h5-6,11,17H,7-10,13-14H2,1-4H3,(H,23,26)/t17-/m0/s1. The van der Waals surface area contributed by atoms with Crippen LogP contribution in [0.4, 0.5) is 4.79 Å². The minimum absolute atomic E-state index is 0.0268. The van der Waals surface area contributed by atoms with Crippen molar-refractivity contribution in [3.8, 4) is 11.8 Å². The van der Waals surface area contributed by atoms with E-state index < -0.39 is 17.7 Å². The van der Waals surface area contributed by atoms with E-state index >= 15 is 0 Å². The van der Waals surface area contributed by atoms with Gasteiger partial charge in [0.2, 0.25) is 5.91 Å². The van der Waals surface area contributed by atoms with E-state index in [1.54, 1.807) is 51.0 Å². The summed E-state index contributed by atoms with van der Waals surface area (Å²) >= 11 is 0. The first-order valence-corrected chi connectivity index (χ1v) is 9.74. The molecular weight excluding hydrogens is 390 g/mol. The van der Waals surface area contributed by atoms with Crippen molar-refractivity contribution in [1.82, 2.24) is 10.2 Å². The summed E-state index contributed by atoms with van der Waals surface area (Å²) < 4.78 is 21.1. The van der Waals surface area contributed by atoms with E-state index in [4.69, 9.17) is 18.9 Å². The second-order valence-corrected chi connectivity index (χ2v) is 7.84. The Hall–Kier alpha value is -2.83. The third kappa shape index (κ3) is 7.21. The fraction of sp³-hybridized carbons (Fsp3) is 0.571. The Morgan fingerprint density at radius 1 is 1.33 bits per heavy atom. The molecule has 0 aromatic heterocycles. The van der Waals surface area contributed by atoms with Crippen LogP contribution in [0.2, 0.25) is 0 Å². The summed E-state index contributed by atoms with van der Waals surface area (Å²) in [7, 11) is 1.58. The lowest BCUT2D eigenvalue weighted by Crippen LogP contribution is -2.43. The molecule has 0 aliphatic carbocycles. The van der Waals surface area contributed by atoms with E-state index in [0.717, 1.165) is 0 Å². The van der Waals surface area contributed by atoms with Crippen LogP contribution in [0.15, 0.2) is 18.2 Å². The maximum absolute atomic E-state index is 12.7. The Morgan fingerprint density at radius 2 is 2.10 bits per heavy atom. The number of likely N-dealkylation sites (tertiary alicyclic amines) is 1. The molecule has 1 aliphatic heterocycles. The number of methoxy groups -OCH3 is 1. The van der Waals surface area contributed by atoms with Gasteiger partial charge in [0.1, 0.15) is 17.4 Å². The molecule has 1 heterocycles. The Kier molecular flexibility index (Phi) is 8.45. The number of carbonyl (C=O) groups excluding carboxylic acids is 2. The second kappa shape index (κ2) is 10.8. The van der Waals surface area contributed by atoms with E-state index in [1.807, 2.05) is 0 Å². The van der Waals surface area contributed by atoms with Crippen LogP contribution in [0.5, 0.6) is 5.75 Å². The second-order valence-electron chi connectivity index (χ2n) is 7.84.